The molecule has 0 spiro atoms. The Hall–Kier alpha value is -1.64. The Kier molecular flexibility index (Phi) is 3.32. The van der Waals surface area contributed by atoms with Gasteiger partial charge in [-0.05, 0) is 42.7 Å². The molecule has 3 heteroatoms. The SMILES string of the molecule is CC1C=CC2CCCCC2C1C(=O)C1Cc2cccn2C1=O. The summed E-state index contributed by atoms with van der Waals surface area (Å²) in [5.74, 6) is 1.04. The van der Waals surface area contributed by atoms with E-state index >= 15 is 0 Å². The molecule has 0 saturated heterocycles. The molecule has 1 aliphatic heterocycles. The van der Waals surface area contributed by atoms with Crippen molar-refractivity contribution in [3.05, 3.63) is 36.2 Å². The van der Waals surface area contributed by atoms with Gasteiger partial charge in [0.05, 0.1) is 0 Å². The highest BCUT2D eigenvalue weighted by Crippen LogP contribution is 2.44. The van der Waals surface area contributed by atoms with Gasteiger partial charge < -0.3 is 0 Å². The van der Waals surface area contributed by atoms with Gasteiger partial charge in [-0.3, -0.25) is 14.2 Å². The van der Waals surface area contributed by atoms with Crippen molar-refractivity contribution in [1.29, 1.82) is 0 Å². The minimum absolute atomic E-state index is 0.0147. The molecule has 1 aromatic rings. The molecule has 4 rings (SSSR count). The number of carbonyl (C=O) groups is 2. The van der Waals surface area contributed by atoms with E-state index in [-0.39, 0.29) is 23.5 Å². The predicted molar refractivity (Wildman–Crippen MR) is 84.5 cm³/mol. The minimum atomic E-state index is -0.447. The van der Waals surface area contributed by atoms with Gasteiger partial charge in [0.25, 0.3) is 0 Å². The minimum Gasteiger partial charge on any atom is -0.298 e. The first-order valence-electron chi connectivity index (χ1n) is 8.59. The second-order valence-corrected chi connectivity index (χ2v) is 7.25. The number of ketones is 1. The van der Waals surface area contributed by atoms with E-state index in [4.69, 9.17) is 0 Å². The third-order valence-corrected chi connectivity index (χ3v) is 6.02. The lowest BCUT2D eigenvalue weighted by molar-refractivity contribution is -0.129. The Bertz CT molecular complexity index is 642. The van der Waals surface area contributed by atoms with Crippen LogP contribution in [0.25, 0.3) is 0 Å². The first kappa shape index (κ1) is 14.0. The molecule has 2 aliphatic carbocycles. The zero-order chi connectivity index (χ0) is 15.3. The highest BCUT2D eigenvalue weighted by Gasteiger charge is 2.45. The molecule has 0 radical (unpaired) electrons. The molecule has 0 aromatic carbocycles. The van der Waals surface area contributed by atoms with Gasteiger partial charge in [-0.15, -0.1) is 0 Å². The van der Waals surface area contributed by atoms with Crippen LogP contribution >= 0.6 is 0 Å². The average molecular weight is 297 g/mol. The van der Waals surface area contributed by atoms with Crippen LogP contribution in [0.5, 0.6) is 0 Å². The number of hydrogen-bond acceptors (Lipinski definition) is 2. The number of carbonyl (C=O) groups excluding carboxylic acids is 2. The first-order chi connectivity index (χ1) is 10.7. The monoisotopic (exact) mass is 297 g/mol. The number of allylic oxidation sites excluding steroid dienone is 2. The molecule has 0 bridgehead atoms. The van der Waals surface area contributed by atoms with Crippen molar-refractivity contribution in [1.82, 2.24) is 4.57 Å². The highest BCUT2D eigenvalue weighted by atomic mass is 16.2. The van der Waals surface area contributed by atoms with Crippen LogP contribution in [0, 0.1) is 29.6 Å². The quantitative estimate of drug-likeness (QED) is 0.619. The van der Waals surface area contributed by atoms with E-state index in [0.717, 1.165) is 12.1 Å². The van der Waals surface area contributed by atoms with Crippen LogP contribution < -0.4 is 0 Å². The van der Waals surface area contributed by atoms with Crippen molar-refractivity contribution >= 4 is 11.7 Å². The van der Waals surface area contributed by atoms with Crippen LogP contribution in [-0.4, -0.2) is 16.3 Å². The van der Waals surface area contributed by atoms with Crippen LogP contribution in [-0.2, 0) is 11.2 Å². The number of rotatable bonds is 2. The fraction of sp³-hybridized carbons (Fsp3) is 0.579. The number of hydrogen-bond donors (Lipinski definition) is 0. The summed E-state index contributed by atoms with van der Waals surface area (Å²) < 4.78 is 1.67. The highest BCUT2D eigenvalue weighted by molar-refractivity contribution is 6.05. The van der Waals surface area contributed by atoms with Gasteiger partial charge in [0, 0.05) is 24.2 Å². The number of Topliss-reactive ketones (excluding diaryl/α,β-unsaturated/α-hetero) is 1. The molecule has 3 aliphatic rings. The van der Waals surface area contributed by atoms with E-state index in [9.17, 15) is 9.59 Å². The molecule has 22 heavy (non-hydrogen) atoms. The zero-order valence-electron chi connectivity index (χ0n) is 13.1. The summed E-state index contributed by atoms with van der Waals surface area (Å²) in [7, 11) is 0. The van der Waals surface area contributed by atoms with Crippen LogP contribution in [0.3, 0.4) is 0 Å². The molecule has 1 saturated carbocycles. The normalized spacial score (nSPS) is 37.0. The topological polar surface area (TPSA) is 39.1 Å². The molecule has 5 unspecified atom stereocenters. The summed E-state index contributed by atoms with van der Waals surface area (Å²) in [4.78, 5) is 25.7. The lowest BCUT2D eigenvalue weighted by Gasteiger charge is -2.41. The molecule has 5 atom stereocenters. The Morgan fingerprint density at radius 1 is 1.23 bits per heavy atom. The van der Waals surface area contributed by atoms with Gasteiger partial charge in [-0.1, -0.05) is 31.9 Å². The van der Waals surface area contributed by atoms with Crippen LogP contribution in [0.4, 0.5) is 0 Å². The van der Waals surface area contributed by atoms with E-state index in [1.807, 2.05) is 12.1 Å². The van der Waals surface area contributed by atoms with Crippen molar-refractivity contribution in [3.63, 3.8) is 0 Å². The van der Waals surface area contributed by atoms with Crippen molar-refractivity contribution in [2.75, 3.05) is 0 Å². The van der Waals surface area contributed by atoms with Gasteiger partial charge in [0.1, 0.15) is 11.7 Å². The standard InChI is InChI=1S/C19H23NO2/c1-12-8-9-13-5-2-3-7-15(13)17(12)18(21)16-11-14-6-4-10-20(14)19(16)22/h4,6,8-10,12-13,15-17H,2-3,5,7,11H2,1H3. The Morgan fingerprint density at radius 3 is 2.86 bits per heavy atom. The van der Waals surface area contributed by atoms with Crippen LogP contribution in [0.1, 0.15) is 43.1 Å². The summed E-state index contributed by atoms with van der Waals surface area (Å²) in [6.07, 6.45) is 11.8. The smallest absolute Gasteiger partial charge is 0.241 e. The predicted octanol–water partition coefficient (Wildman–Crippen LogP) is 3.50. The second-order valence-electron chi connectivity index (χ2n) is 7.25. The van der Waals surface area contributed by atoms with Gasteiger partial charge in [-0.25, -0.2) is 0 Å². The number of nitrogens with zero attached hydrogens (tertiary/aromatic N) is 1. The van der Waals surface area contributed by atoms with Gasteiger partial charge in [-0.2, -0.15) is 0 Å². The fourth-order valence-electron chi connectivity index (χ4n) is 4.89. The van der Waals surface area contributed by atoms with Gasteiger partial charge in [0.2, 0.25) is 5.91 Å². The second kappa shape index (κ2) is 5.22. The first-order valence-corrected chi connectivity index (χ1v) is 8.59. The molecular weight excluding hydrogens is 274 g/mol. The molecule has 0 amide bonds. The van der Waals surface area contributed by atoms with E-state index in [1.54, 1.807) is 10.8 Å². The molecule has 116 valence electrons. The third-order valence-electron chi connectivity index (χ3n) is 6.02. The van der Waals surface area contributed by atoms with Crippen molar-refractivity contribution < 1.29 is 9.59 Å². The summed E-state index contributed by atoms with van der Waals surface area (Å²) in [6.45, 7) is 2.14. The molecule has 1 fully saturated rings. The maximum Gasteiger partial charge on any atom is 0.241 e. The largest absolute Gasteiger partial charge is 0.298 e. The van der Waals surface area contributed by atoms with Crippen molar-refractivity contribution in [3.8, 4) is 0 Å². The molecule has 3 nitrogen and oxygen atoms in total. The van der Waals surface area contributed by atoms with Gasteiger partial charge >= 0.3 is 0 Å². The maximum absolute atomic E-state index is 13.2. The molecule has 2 heterocycles. The van der Waals surface area contributed by atoms with Gasteiger partial charge in [0.15, 0.2) is 0 Å². The van der Waals surface area contributed by atoms with Crippen molar-refractivity contribution in [2.24, 2.45) is 29.6 Å². The van der Waals surface area contributed by atoms with E-state index in [0.29, 0.717) is 18.3 Å². The fourth-order valence-corrected chi connectivity index (χ4v) is 4.89. The molecular formula is C19H23NO2. The lowest BCUT2D eigenvalue weighted by Crippen LogP contribution is -2.42. The molecule has 1 aromatic heterocycles. The van der Waals surface area contributed by atoms with Crippen LogP contribution in [0.2, 0.25) is 0 Å². The summed E-state index contributed by atoms with van der Waals surface area (Å²) in [6, 6.07) is 3.84. The van der Waals surface area contributed by atoms with E-state index in [1.165, 1.54) is 19.3 Å². The summed E-state index contributed by atoms with van der Waals surface area (Å²) >= 11 is 0. The zero-order valence-corrected chi connectivity index (χ0v) is 13.1. The Morgan fingerprint density at radius 2 is 2.05 bits per heavy atom. The van der Waals surface area contributed by atoms with E-state index in [2.05, 4.69) is 19.1 Å². The van der Waals surface area contributed by atoms with Crippen LogP contribution in [0.15, 0.2) is 30.5 Å². The Balaban J connectivity index is 1.61. The third kappa shape index (κ3) is 2.02. The maximum atomic E-state index is 13.2. The Labute approximate surface area is 131 Å². The average Bonchev–Trinajstić information content (AvgIpc) is 3.10. The summed E-state index contributed by atoms with van der Waals surface area (Å²) in [5, 5.41) is 0. The summed E-state index contributed by atoms with van der Waals surface area (Å²) in [5.41, 5.74) is 0.988. The number of fused-ring (bicyclic) bond motifs is 2. The lowest BCUT2D eigenvalue weighted by atomic mass is 9.62. The molecule has 0 N–H and O–H groups in total. The number of aromatic nitrogens is 1. The van der Waals surface area contributed by atoms with E-state index < -0.39 is 5.92 Å². The van der Waals surface area contributed by atoms with Crippen molar-refractivity contribution in [2.45, 2.75) is 39.0 Å².